The average molecular weight is 344 g/mol. The van der Waals surface area contributed by atoms with Gasteiger partial charge in [-0.15, -0.1) is 0 Å². The zero-order chi connectivity index (χ0) is 17.6. The van der Waals surface area contributed by atoms with Gasteiger partial charge < -0.3 is 24.8 Å². The zero-order valence-corrected chi connectivity index (χ0v) is 15.8. The first-order valence-corrected chi connectivity index (χ1v) is 9.45. The molecule has 1 heterocycles. The lowest BCUT2D eigenvalue weighted by Crippen LogP contribution is -2.40. The predicted molar refractivity (Wildman–Crippen MR) is 98.5 cm³/mol. The maximum Gasteiger partial charge on any atom is 0.193 e. The summed E-state index contributed by atoms with van der Waals surface area (Å²) >= 11 is 0. The molecule has 0 aromatic rings. The zero-order valence-electron chi connectivity index (χ0n) is 15.8. The minimum Gasteiger partial charge on any atom is -0.396 e. The number of rotatable bonds is 12. The summed E-state index contributed by atoms with van der Waals surface area (Å²) in [5.74, 6) is 2.05. The normalized spacial score (nSPS) is 19.8. The van der Waals surface area contributed by atoms with Crippen molar-refractivity contribution in [2.24, 2.45) is 16.8 Å². The number of nitrogens with zero attached hydrogens (tertiary/aromatic N) is 2. The number of aliphatic hydroxyl groups excluding tert-OH is 1. The van der Waals surface area contributed by atoms with E-state index in [-0.39, 0.29) is 6.61 Å². The number of hydrogen-bond acceptors (Lipinski definition) is 4. The molecule has 2 N–H and O–H groups in total. The highest BCUT2D eigenvalue weighted by molar-refractivity contribution is 5.80. The van der Waals surface area contributed by atoms with E-state index >= 15 is 0 Å². The Morgan fingerprint density at radius 1 is 1.33 bits per heavy atom. The lowest BCUT2D eigenvalue weighted by atomic mass is 10.0. The van der Waals surface area contributed by atoms with Gasteiger partial charge in [0.25, 0.3) is 0 Å². The number of nitrogens with one attached hydrogen (secondary N) is 1. The van der Waals surface area contributed by atoms with Crippen LogP contribution in [0.15, 0.2) is 4.99 Å². The maximum absolute atomic E-state index is 9.20. The lowest BCUT2D eigenvalue weighted by Gasteiger charge is -2.23. The lowest BCUT2D eigenvalue weighted by molar-refractivity contribution is 0.0536. The van der Waals surface area contributed by atoms with Gasteiger partial charge in [-0.2, -0.15) is 0 Å². The minimum absolute atomic E-state index is 0.251. The van der Waals surface area contributed by atoms with Gasteiger partial charge in [-0.25, -0.2) is 0 Å². The third-order valence-electron chi connectivity index (χ3n) is 4.44. The molecular weight excluding hydrogens is 306 g/mol. The van der Waals surface area contributed by atoms with Crippen LogP contribution < -0.4 is 5.32 Å². The van der Waals surface area contributed by atoms with E-state index in [9.17, 15) is 5.11 Å². The summed E-state index contributed by atoms with van der Waals surface area (Å²) in [6.07, 6.45) is 4.25. The van der Waals surface area contributed by atoms with Crippen LogP contribution in [-0.2, 0) is 9.47 Å². The van der Waals surface area contributed by atoms with Crippen LogP contribution in [-0.4, -0.2) is 75.7 Å². The van der Waals surface area contributed by atoms with Gasteiger partial charge >= 0.3 is 0 Å². The molecule has 0 radical (unpaired) electrons. The Kier molecular flexibility index (Phi) is 11.9. The van der Waals surface area contributed by atoms with Crippen LogP contribution in [0, 0.1) is 11.8 Å². The monoisotopic (exact) mass is 343 g/mol. The van der Waals surface area contributed by atoms with Crippen molar-refractivity contribution in [3.63, 3.8) is 0 Å². The van der Waals surface area contributed by atoms with Crippen molar-refractivity contribution in [2.45, 2.75) is 39.5 Å². The van der Waals surface area contributed by atoms with Crippen molar-refractivity contribution in [1.82, 2.24) is 10.2 Å². The average Bonchev–Trinajstić information content (AvgIpc) is 3.04. The van der Waals surface area contributed by atoms with Crippen LogP contribution in [0.5, 0.6) is 0 Å². The highest BCUT2D eigenvalue weighted by Crippen LogP contribution is 2.17. The second-order valence-corrected chi connectivity index (χ2v) is 6.53. The number of likely N-dealkylation sites (tertiary alicyclic amines) is 1. The molecule has 0 saturated carbocycles. The van der Waals surface area contributed by atoms with Gasteiger partial charge in [0.05, 0.1) is 19.8 Å². The molecule has 1 rings (SSSR count). The standard InChI is InChI=1S/C18H37N3O3/c1-4-6-16(8-10-22)13-20-18(19-5-2)21-9-7-17(14-21)15-24-12-11-23-3/h16-17,22H,4-15H2,1-3H3,(H,19,20). The molecule has 142 valence electrons. The van der Waals surface area contributed by atoms with E-state index in [4.69, 9.17) is 14.5 Å². The van der Waals surface area contributed by atoms with Crippen molar-refractivity contribution < 1.29 is 14.6 Å². The molecule has 0 aromatic heterocycles. The topological polar surface area (TPSA) is 66.3 Å². The summed E-state index contributed by atoms with van der Waals surface area (Å²) in [4.78, 5) is 7.18. The summed E-state index contributed by atoms with van der Waals surface area (Å²) in [6, 6.07) is 0. The first-order chi connectivity index (χ1) is 11.7. The van der Waals surface area contributed by atoms with Gasteiger partial charge in [-0.05, 0) is 32.1 Å². The minimum atomic E-state index is 0.251. The van der Waals surface area contributed by atoms with Crippen molar-refractivity contribution in [3.8, 4) is 0 Å². The van der Waals surface area contributed by atoms with Crippen LogP contribution >= 0.6 is 0 Å². The Morgan fingerprint density at radius 2 is 2.17 bits per heavy atom. The SMILES string of the molecule is CCCC(CCO)CN=C(NCC)N1CCC(COCCOC)C1. The van der Waals surface area contributed by atoms with Crippen LogP contribution in [0.3, 0.4) is 0 Å². The molecule has 0 aliphatic carbocycles. The van der Waals surface area contributed by atoms with Crippen molar-refractivity contribution in [1.29, 1.82) is 0 Å². The summed E-state index contributed by atoms with van der Waals surface area (Å²) in [6.45, 7) is 10.4. The molecule has 1 saturated heterocycles. The third-order valence-corrected chi connectivity index (χ3v) is 4.44. The molecule has 0 amide bonds. The predicted octanol–water partition coefficient (Wildman–Crippen LogP) is 1.74. The molecule has 0 aromatic carbocycles. The molecule has 1 aliphatic heterocycles. The third kappa shape index (κ3) is 8.31. The molecule has 0 bridgehead atoms. The summed E-state index contributed by atoms with van der Waals surface area (Å²) in [7, 11) is 1.70. The second kappa shape index (κ2) is 13.4. The molecule has 6 heteroatoms. The fourth-order valence-electron chi connectivity index (χ4n) is 3.11. The Balaban J connectivity index is 2.47. The van der Waals surface area contributed by atoms with E-state index in [1.54, 1.807) is 7.11 Å². The van der Waals surface area contributed by atoms with Crippen molar-refractivity contribution in [2.75, 3.05) is 59.7 Å². The van der Waals surface area contributed by atoms with Crippen LogP contribution in [0.4, 0.5) is 0 Å². The van der Waals surface area contributed by atoms with E-state index in [0.717, 1.165) is 64.4 Å². The van der Waals surface area contributed by atoms with Crippen LogP contribution in [0.1, 0.15) is 39.5 Å². The summed E-state index contributed by atoms with van der Waals surface area (Å²) in [5.41, 5.74) is 0. The van der Waals surface area contributed by atoms with Crippen LogP contribution in [0.2, 0.25) is 0 Å². The van der Waals surface area contributed by atoms with E-state index < -0.39 is 0 Å². The van der Waals surface area contributed by atoms with Gasteiger partial charge in [-0.3, -0.25) is 4.99 Å². The first kappa shape index (κ1) is 21.2. The Morgan fingerprint density at radius 3 is 2.83 bits per heavy atom. The number of methoxy groups -OCH3 is 1. The second-order valence-electron chi connectivity index (χ2n) is 6.53. The fourth-order valence-corrected chi connectivity index (χ4v) is 3.11. The van der Waals surface area contributed by atoms with Crippen molar-refractivity contribution in [3.05, 3.63) is 0 Å². The quantitative estimate of drug-likeness (QED) is 0.321. The van der Waals surface area contributed by atoms with E-state index in [1.165, 1.54) is 0 Å². The first-order valence-electron chi connectivity index (χ1n) is 9.45. The molecule has 2 unspecified atom stereocenters. The van der Waals surface area contributed by atoms with Crippen molar-refractivity contribution >= 4 is 5.96 Å². The van der Waals surface area contributed by atoms with Crippen LogP contribution in [0.25, 0.3) is 0 Å². The van der Waals surface area contributed by atoms with Gasteiger partial charge in [0.15, 0.2) is 5.96 Å². The van der Waals surface area contributed by atoms with Gasteiger partial charge in [-0.1, -0.05) is 13.3 Å². The fraction of sp³-hybridized carbons (Fsp3) is 0.944. The highest BCUT2D eigenvalue weighted by Gasteiger charge is 2.25. The Hall–Kier alpha value is -0.850. The summed E-state index contributed by atoms with van der Waals surface area (Å²) in [5, 5.41) is 12.6. The molecule has 6 nitrogen and oxygen atoms in total. The highest BCUT2D eigenvalue weighted by atomic mass is 16.5. The van der Waals surface area contributed by atoms with E-state index in [2.05, 4.69) is 24.1 Å². The maximum atomic E-state index is 9.20. The number of aliphatic hydroxyl groups is 1. The molecule has 1 fully saturated rings. The Bertz CT molecular complexity index is 333. The largest absolute Gasteiger partial charge is 0.396 e. The molecule has 24 heavy (non-hydrogen) atoms. The number of hydrogen-bond donors (Lipinski definition) is 2. The number of aliphatic imine (C=N–C) groups is 1. The number of ether oxygens (including phenoxy) is 2. The number of guanidine groups is 1. The molecule has 0 spiro atoms. The van der Waals surface area contributed by atoms with Gasteiger partial charge in [0, 0.05) is 45.8 Å². The van der Waals surface area contributed by atoms with E-state index in [0.29, 0.717) is 25.0 Å². The Labute approximate surface area is 147 Å². The summed E-state index contributed by atoms with van der Waals surface area (Å²) < 4.78 is 10.7. The van der Waals surface area contributed by atoms with E-state index in [1.807, 2.05) is 0 Å². The van der Waals surface area contributed by atoms with Gasteiger partial charge in [0.2, 0.25) is 0 Å². The smallest absolute Gasteiger partial charge is 0.193 e. The van der Waals surface area contributed by atoms with Gasteiger partial charge in [0.1, 0.15) is 0 Å². The molecule has 2 atom stereocenters. The molecular formula is C18H37N3O3. The molecule has 1 aliphatic rings.